The second-order valence-corrected chi connectivity index (χ2v) is 5.04. The Bertz CT molecular complexity index is 572. The van der Waals surface area contributed by atoms with E-state index in [2.05, 4.69) is 10.6 Å². The van der Waals surface area contributed by atoms with E-state index >= 15 is 0 Å². The normalized spacial score (nSPS) is 11.7. The molecule has 3 nitrogen and oxygen atoms in total. The third-order valence-electron chi connectivity index (χ3n) is 2.92. The zero-order valence-corrected chi connectivity index (χ0v) is 12.2. The zero-order valence-electron chi connectivity index (χ0n) is 11.3. The van der Waals surface area contributed by atoms with Crippen molar-refractivity contribution in [3.05, 3.63) is 65.7 Å². The van der Waals surface area contributed by atoms with Crippen molar-refractivity contribution in [3.8, 4) is 0 Å². The molecule has 0 aromatic heterocycles. The standard InChI is InChI=1S/C16H18N2OS/c1-12-6-5-9-14(10-12)18-16(20)17-11-15(19)13-7-3-2-4-8-13/h2-10,15,19H,11H2,1H3,(H2,17,18,20)/t15-/m0/s1. The summed E-state index contributed by atoms with van der Waals surface area (Å²) in [7, 11) is 0. The van der Waals surface area contributed by atoms with Crippen LogP contribution < -0.4 is 10.6 Å². The fraction of sp³-hybridized carbons (Fsp3) is 0.188. The quantitative estimate of drug-likeness (QED) is 0.756. The summed E-state index contributed by atoms with van der Waals surface area (Å²) in [6.07, 6.45) is -0.576. The molecule has 0 saturated heterocycles. The first-order valence-corrected chi connectivity index (χ1v) is 6.90. The van der Waals surface area contributed by atoms with Gasteiger partial charge in [0.1, 0.15) is 0 Å². The lowest BCUT2D eigenvalue weighted by Gasteiger charge is -2.15. The molecule has 0 spiro atoms. The molecular weight excluding hydrogens is 268 g/mol. The summed E-state index contributed by atoms with van der Waals surface area (Å²) in [4.78, 5) is 0. The van der Waals surface area contributed by atoms with Crippen LogP contribution in [-0.2, 0) is 0 Å². The molecule has 3 N–H and O–H groups in total. The number of hydrogen-bond acceptors (Lipinski definition) is 2. The fourth-order valence-electron chi connectivity index (χ4n) is 1.88. The Kier molecular flexibility index (Phi) is 5.09. The molecule has 2 rings (SSSR count). The van der Waals surface area contributed by atoms with Crippen LogP contribution in [0.3, 0.4) is 0 Å². The van der Waals surface area contributed by atoms with Crippen molar-refractivity contribution in [2.24, 2.45) is 0 Å². The van der Waals surface area contributed by atoms with Crippen molar-refractivity contribution < 1.29 is 5.11 Å². The van der Waals surface area contributed by atoms with Gasteiger partial charge in [0.15, 0.2) is 5.11 Å². The molecule has 4 heteroatoms. The van der Waals surface area contributed by atoms with Crippen molar-refractivity contribution in [3.63, 3.8) is 0 Å². The second kappa shape index (κ2) is 7.03. The summed E-state index contributed by atoms with van der Waals surface area (Å²) in [5.41, 5.74) is 2.98. The van der Waals surface area contributed by atoms with Crippen LogP contribution in [-0.4, -0.2) is 16.8 Å². The number of aliphatic hydroxyl groups is 1. The first kappa shape index (κ1) is 14.5. The molecule has 0 aliphatic heterocycles. The number of aryl methyl sites for hydroxylation is 1. The SMILES string of the molecule is Cc1cccc(NC(=S)NC[C@H](O)c2ccccc2)c1. The lowest BCUT2D eigenvalue weighted by Crippen LogP contribution is -2.32. The molecule has 104 valence electrons. The molecule has 2 aromatic rings. The van der Waals surface area contributed by atoms with Gasteiger partial charge >= 0.3 is 0 Å². The van der Waals surface area contributed by atoms with Gasteiger partial charge in [0.05, 0.1) is 6.10 Å². The Morgan fingerprint density at radius 2 is 1.90 bits per heavy atom. The van der Waals surface area contributed by atoms with Gasteiger partial charge in [0.2, 0.25) is 0 Å². The molecule has 2 aromatic carbocycles. The Morgan fingerprint density at radius 1 is 1.15 bits per heavy atom. The summed E-state index contributed by atoms with van der Waals surface area (Å²) >= 11 is 5.21. The van der Waals surface area contributed by atoms with E-state index in [1.54, 1.807) is 0 Å². The van der Waals surface area contributed by atoms with E-state index in [1.165, 1.54) is 5.56 Å². The van der Waals surface area contributed by atoms with Crippen molar-refractivity contribution in [2.45, 2.75) is 13.0 Å². The lowest BCUT2D eigenvalue weighted by molar-refractivity contribution is 0.181. The van der Waals surface area contributed by atoms with E-state index in [4.69, 9.17) is 12.2 Å². The number of aliphatic hydroxyl groups excluding tert-OH is 1. The van der Waals surface area contributed by atoms with E-state index < -0.39 is 6.10 Å². The monoisotopic (exact) mass is 286 g/mol. The van der Waals surface area contributed by atoms with Gasteiger partial charge in [-0.15, -0.1) is 0 Å². The molecule has 0 bridgehead atoms. The Hall–Kier alpha value is -1.91. The smallest absolute Gasteiger partial charge is 0.170 e. The molecule has 0 radical (unpaired) electrons. The molecule has 0 fully saturated rings. The molecule has 1 atom stereocenters. The lowest BCUT2D eigenvalue weighted by atomic mass is 10.1. The molecule has 0 aliphatic carbocycles. The number of benzene rings is 2. The van der Waals surface area contributed by atoms with Gasteiger partial charge < -0.3 is 15.7 Å². The molecular formula is C16H18N2OS. The van der Waals surface area contributed by atoms with Gasteiger partial charge in [-0.2, -0.15) is 0 Å². The van der Waals surface area contributed by atoms with Gasteiger partial charge in [-0.25, -0.2) is 0 Å². The predicted molar refractivity (Wildman–Crippen MR) is 86.8 cm³/mol. The van der Waals surface area contributed by atoms with Crippen LogP contribution >= 0.6 is 12.2 Å². The highest BCUT2D eigenvalue weighted by Crippen LogP contribution is 2.11. The van der Waals surface area contributed by atoms with Crippen molar-refractivity contribution in [2.75, 3.05) is 11.9 Å². The predicted octanol–water partition coefficient (Wildman–Crippen LogP) is 3.02. The Balaban J connectivity index is 1.83. The highest BCUT2D eigenvalue weighted by Gasteiger charge is 2.07. The van der Waals surface area contributed by atoms with Crippen LogP contribution in [0.4, 0.5) is 5.69 Å². The van der Waals surface area contributed by atoms with Crippen LogP contribution in [0.15, 0.2) is 54.6 Å². The van der Waals surface area contributed by atoms with Crippen molar-refractivity contribution in [1.29, 1.82) is 0 Å². The molecule has 0 heterocycles. The van der Waals surface area contributed by atoms with E-state index in [9.17, 15) is 5.11 Å². The molecule has 0 aliphatic rings. The van der Waals surface area contributed by atoms with Crippen LogP contribution in [0.1, 0.15) is 17.2 Å². The second-order valence-electron chi connectivity index (χ2n) is 4.63. The summed E-state index contributed by atoms with van der Waals surface area (Å²) in [5.74, 6) is 0. The maximum atomic E-state index is 10.0. The van der Waals surface area contributed by atoms with Gasteiger partial charge in [0.25, 0.3) is 0 Å². The van der Waals surface area contributed by atoms with Crippen LogP contribution in [0.25, 0.3) is 0 Å². The summed E-state index contributed by atoms with van der Waals surface area (Å²) in [6, 6.07) is 17.5. The fourth-order valence-corrected chi connectivity index (χ4v) is 2.08. The number of thiocarbonyl (C=S) groups is 1. The topological polar surface area (TPSA) is 44.3 Å². The highest BCUT2D eigenvalue weighted by molar-refractivity contribution is 7.80. The maximum Gasteiger partial charge on any atom is 0.170 e. The Morgan fingerprint density at radius 3 is 2.60 bits per heavy atom. The van der Waals surface area contributed by atoms with Gasteiger partial charge in [-0.1, -0.05) is 42.5 Å². The van der Waals surface area contributed by atoms with Gasteiger partial charge in [-0.05, 0) is 42.4 Å². The average molecular weight is 286 g/mol. The van der Waals surface area contributed by atoms with Gasteiger partial charge in [0, 0.05) is 12.2 Å². The van der Waals surface area contributed by atoms with E-state index in [0.29, 0.717) is 11.7 Å². The average Bonchev–Trinajstić information content (AvgIpc) is 2.46. The molecule has 0 unspecified atom stereocenters. The summed E-state index contributed by atoms with van der Waals surface area (Å²) in [5, 5.41) is 16.7. The minimum Gasteiger partial charge on any atom is -0.387 e. The largest absolute Gasteiger partial charge is 0.387 e. The minimum absolute atomic E-state index is 0.377. The Labute approximate surface area is 124 Å². The summed E-state index contributed by atoms with van der Waals surface area (Å²) < 4.78 is 0. The van der Waals surface area contributed by atoms with Crippen molar-refractivity contribution >= 4 is 23.0 Å². The van der Waals surface area contributed by atoms with E-state index in [-0.39, 0.29) is 0 Å². The number of nitrogens with one attached hydrogen (secondary N) is 2. The minimum atomic E-state index is -0.576. The van der Waals surface area contributed by atoms with Crippen LogP contribution in [0.2, 0.25) is 0 Å². The van der Waals surface area contributed by atoms with Crippen molar-refractivity contribution in [1.82, 2.24) is 5.32 Å². The highest BCUT2D eigenvalue weighted by atomic mass is 32.1. The maximum absolute atomic E-state index is 10.0. The summed E-state index contributed by atoms with van der Waals surface area (Å²) in [6.45, 7) is 2.41. The molecule has 0 saturated carbocycles. The third kappa shape index (κ3) is 4.33. The zero-order chi connectivity index (χ0) is 14.4. The van der Waals surface area contributed by atoms with Crippen LogP contribution in [0.5, 0.6) is 0 Å². The third-order valence-corrected chi connectivity index (χ3v) is 3.16. The van der Waals surface area contributed by atoms with E-state index in [1.807, 2.05) is 61.5 Å². The molecule has 0 amide bonds. The number of anilines is 1. The number of hydrogen-bond donors (Lipinski definition) is 3. The number of rotatable bonds is 4. The van der Waals surface area contributed by atoms with Crippen LogP contribution in [0, 0.1) is 6.92 Å². The first-order valence-electron chi connectivity index (χ1n) is 6.49. The van der Waals surface area contributed by atoms with E-state index in [0.717, 1.165) is 11.3 Å². The van der Waals surface area contributed by atoms with Gasteiger partial charge in [-0.3, -0.25) is 0 Å². The molecule has 20 heavy (non-hydrogen) atoms. The first-order chi connectivity index (χ1) is 9.65.